The first-order chi connectivity index (χ1) is 8.13. The van der Waals surface area contributed by atoms with Crippen molar-refractivity contribution in [1.29, 1.82) is 0 Å². The van der Waals surface area contributed by atoms with E-state index >= 15 is 0 Å². The Kier molecular flexibility index (Phi) is 5.79. The molecular formula is C14H23ClN2. The minimum atomic E-state index is 0.553. The molecule has 0 aliphatic rings. The molecule has 0 aromatic heterocycles. The van der Waals surface area contributed by atoms with E-state index in [0.717, 1.165) is 24.5 Å². The highest BCUT2D eigenvalue weighted by Gasteiger charge is 2.14. The van der Waals surface area contributed by atoms with Crippen LogP contribution < -0.4 is 10.2 Å². The minimum Gasteiger partial charge on any atom is -0.369 e. The SMILES string of the molecule is CCC(C)N(CC)c1ccc(Cl)cc1CNC. The van der Waals surface area contributed by atoms with Gasteiger partial charge in [-0.3, -0.25) is 0 Å². The molecule has 0 radical (unpaired) electrons. The predicted octanol–water partition coefficient (Wildman–Crippen LogP) is 3.68. The normalized spacial score (nSPS) is 12.5. The Morgan fingerprint density at radius 1 is 1.35 bits per heavy atom. The molecule has 96 valence electrons. The molecule has 2 nitrogen and oxygen atoms in total. The standard InChI is InChI=1S/C14H23ClN2/c1-5-11(3)17(6-2)14-8-7-13(15)9-12(14)10-16-4/h7-9,11,16H,5-6,10H2,1-4H3. The number of hydrogen-bond donors (Lipinski definition) is 1. The maximum Gasteiger partial charge on any atom is 0.0415 e. The number of benzene rings is 1. The zero-order valence-corrected chi connectivity index (χ0v) is 12.0. The van der Waals surface area contributed by atoms with Crippen molar-refractivity contribution >= 4 is 17.3 Å². The summed E-state index contributed by atoms with van der Waals surface area (Å²) in [5.41, 5.74) is 2.56. The summed E-state index contributed by atoms with van der Waals surface area (Å²) in [7, 11) is 1.96. The maximum absolute atomic E-state index is 6.07. The van der Waals surface area contributed by atoms with Gasteiger partial charge >= 0.3 is 0 Å². The summed E-state index contributed by atoms with van der Waals surface area (Å²) < 4.78 is 0. The summed E-state index contributed by atoms with van der Waals surface area (Å²) in [6.07, 6.45) is 1.15. The smallest absolute Gasteiger partial charge is 0.0415 e. The van der Waals surface area contributed by atoms with Crippen LogP contribution in [0.5, 0.6) is 0 Å². The Balaban J connectivity index is 3.08. The minimum absolute atomic E-state index is 0.553. The number of nitrogens with zero attached hydrogens (tertiary/aromatic N) is 1. The van der Waals surface area contributed by atoms with E-state index in [-0.39, 0.29) is 0 Å². The van der Waals surface area contributed by atoms with Gasteiger partial charge in [-0.25, -0.2) is 0 Å². The predicted molar refractivity (Wildman–Crippen MR) is 77.0 cm³/mol. The number of nitrogens with one attached hydrogen (secondary N) is 1. The van der Waals surface area contributed by atoms with Crippen LogP contribution in [0.4, 0.5) is 5.69 Å². The van der Waals surface area contributed by atoms with Gasteiger partial charge in [0.05, 0.1) is 0 Å². The molecule has 1 aromatic carbocycles. The van der Waals surface area contributed by atoms with Crippen LogP contribution in [0.1, 0.15) is 32.8 Å². The summed E-state index contributed by atoms with van der Waals surface area (Å²) in [4.78, 5) is 2.43. The lowest BCUT2D eigenvalue weighted by Gasteiger charge is -2.31. The van der Waals surface area contributed by atoms with Crippen molar-refractivity contribution in [3.05, 3.63) is 28.8 Å². The topological polar surface area (TPSA) is 15.3 Å². The monoisotopic (exact) mass is 254 g/mol. The van der Waals surface area contributed by atoms with E-state index < -0.39 is 0 Å². The number of rotatable bonds is 6. The van der Waals surface area contributed by atoms with E-state index in [1.165, 1.54) is 11.3 Å². The van der Waals surface area contributed by atoms with E-state index in [1.54, 1.807) is 0 Å². The highest BCUT2D eigenvalue weighted by Crippen LogP contribution is 2.26. The average molecular weight is 255 g/mol. The lowest BCUT2D eigenvalue weighted by molar-refractivity contribution is 0.625. The fraction of sp³-hybridized carbons (Fsp3) is 0.571. The maximum atomic E-state index is 6.07. The van der Waals surface area contributed by atoms with Crippen molar-refractivity contribution in [1.82, 2.24) is 5.32 Å². The van der Waals surface area contributed by atoms with Crippen LogP contribution in [0.25, 0.3) is 0 Å². The zero-order valence-electron chi connectivity index (χ0n) is 11.3. The Labute approximate surface area is 110 Å². The molecule has 1 N–H and O–H groups in total. The van der Waals surface area contributed by atoms with Gasteiger partial charge in [0.25, 0.3) is 0 Å². The molecule has 0 spiro atoms. The van der Waals surface area contributed by atoms with Crippen LogP contribution in [0.2, 0.25) is 5.02 Å². The summed E-state index contributed by atoms with van der Waals surface area (Å²) >= 11 is 6.07. The fourth-order valence-corrected chi connectivity index (χ4v) is 2.30. The van der Waals surface area contributed by atoms with Gasteiger partial charge in [0.15, 0.2) is 0 Å². The van der Waals surface area contributed by atoms with Gasteiger partial charge in [0.1, 0.15) is 0 Å². The lowest BCUT2D eigenvalue weighted by atomic mass is 10.1. The van der Waals surface area contributed by atoms with Crippen molar-refractivity contribution in [2.75, 3.05) is 18.5 Å². The molecule has 1 atom stereocenters. The molecular weight excluding hydrogens is 232 g/mol. The Morgan fingerprint density at radius 3 is 2.59 bits per heavy atom. The molecule has 0 bridgehead atoms. The molecule has 0 aliphatic carbocycles. The third-order valence-electron chi connectivity index (χ3n) is 3.18. The van der Waals surface area contributed by atoms with Crippen LogP contribution in [-0.4, -0.2) is 19.6 Å². The summed E-state index contributed by atoms with van der Waals surface area (Å²) in [5, 5.41) is 4.01. The van der Waals surface area contributed by atoms with Crippen molar-refractivity contribution in [2.45, 2.75) is 39.8 Å². The highest BCUT2D eigenvalue weighted by molar-refractivity contribution is 6.30. The largest absolute Gasteiger partial charge is 0.369 e. The molecule has 17 heavy (non-hydrogen) atoms. The van der Waals surface area contributed by atoms with Gasteiger partial charge in [-0.15, -0.1) is 0 Å². The Hall–Kier alpha value is -0.730. The number of hydrogen-bond acceptors (Lipinski definition) is 2. The van der Waals surface area contributed by atoms with Crippen molar-refractivity contribution < 1.29 is 0 Å². The van der Waals surface area contributed by atoms with Crippen LogP contribution in [0, 0.1) is 0 Å². The molecule has 0 fully saturated rings. The van der Waals surface area contributed by atoms with Gasteiger partial charge in [-0.05, 0) is 51.1 Å². The average Bonchev–Trinajstić information content (AvgIpc) is 2.32. The van der Waals surface area contributed by atoms with E-state index in [0.29, 0.717) is 6.04 Å². The Bertz CT molecular complexity index is 352. The van der Waals surface area contributed by atoms with E-state index in [9.17, 15) is 0 Å². The van der Waals surface area contributed by atoms with Crippen molar-refractivity contribution in [2.24, 2.45) is 0 Å². The first-order valence-electron chi connectivity index (χ1n) is 6.33. The molecule has 0 heterocycles. The molecule has 0 amide bonds. The quantitative estimate of drug-likeness (QED) is 0.833. The van der Waals surface area contributed by atoms with Gasteiger partial charge in [-0.1, -0.05) is 18.5 Å². The third kappa shape index (κ3) is 3.62. The number of halogens is 1. The molecule has 3 heteroatoms. The van der Waals surface area contributed by atoms with Crippen molar-refractivity contribution in [3.8, 4) is 0 Å². The molecule has 0 saturated heterocycles. The van der Waals surface area contributed by atoms with Gasteiger partial charge < -0.3 is 10.2 Å². The summed E-state index contributed by atoms with van der Waals surface area (Å²) in [6, 6.07) is 6.71. The van der Waals surface area contributed by atoms with Crippen LogP contribution >= 0.6 is 11.6 Å². The Morgan fingerprint density at radius 2 is 2.06 bits per heavy atom. The number of anilines is 1. The van der Waals surface area contributed by atoms with E-state index in [2.05, 4.69) is 43.1 Å². The molecule has 1 aromatic rings. The lowest BCUT2D eigenvalue weighted by Crippen LogP contribution is -2.33. The van der Waals surface area contributed by atoms with Crippen molar-refractivity contribution in [3.63, 3.8) is 0 Å². The van der Waals surface area contributed by atoms with Crippen LogP contribution in [0.15, 0.2) is 18.2 Å². The zero-order chi connectivity index (χ0) is 12.8. The second-order valence-corrected chi connectivity index (χ2v) is 4.78. The van der Waals surface area contributed by atoms with Crippen LogP contribution in [-0.2, 0) is 6.54 Å². The first-order valence-corrected chi connectivity index (χ1v) is 6.71. The fourth-order valence-electron chi connectivity index (χ4n) is 2.11. The van der Waals surface area contributed by atoms with Gasteiger partial charge in [-0.2, -0.15) is 0 Å². The van der Waals surface area contributed by atoms with E-state index in [1.807, 2.05) is 13.1 Å². The van der Waals surface area contributed by atoms with E-state index in [4.69, 9.17) is 11.6 Å². The first kappa shape index (κ1) is 14.3. The molecule has 0 saturated carbocycles. The second-order valence-electron chi connectivity index (χ2n) is 4.35. The summed E-state index contributed by atoms with van der Waals surface area (Å²) in [6.45, 7) is 8.56. The third-order valence-corrected chi connectivity index (χ3v) is 3.42. The molecule has 1 unspecified atom stereocenters. The summed E-state index contributed by atoms with van der Waals surface area (Å²) in [5.74, 6) is 0. The highest BCUT2D eigenvalue weighted by atomic mass is 35.5. The second kappa shape index (κ2) is 6.87. The molecule has 0 aliphatic heterocycles. The van der Waals surface area contributed by atoms with Gasteiger partial charge in [0, 0.05) is 29.8 Å². The molecule has 1 rings (SSSR count). The van der Waals surface area contributed by atoms with Gasteiger partial charge in [0.2, 0.25) is 0 Å². The van der Waals surface area contributed by atoms with Crippen LogP contribution in [0.3, 0.4) is 0 Å².